The van der Waals surface area contributed by atoms with Crippen LogP contribution < -0.4 is 5.73 Å². The van der Waals surface area contributed by atoms with Crippen LogP contribution in [0, 0.1) is 0 Å². The predicted octanol–water partition coefficient (Wildman–Crippen LogP) is 1.12. The lowest BCUT2D eigenvalue weighted by Gasteiger charge is -2.33. The Morgan fingerprint density at radius 1 is 1.44 bits per heavy atom. The van der Waals surface area contributed by atoms with E-state index in [1.165, 1.54) is 31.2 Å². The van der Waals surface area contributed by atoms with Crippen molar-refractivity contribution in [2.45, 2.75) is 44.3 Å². The standard InChI is InChI=1S/C12H22N4/c1-15(8-10-7-14-16(2)9-10)12-5-3-11(13)4-6-12/h7,9,11-12H,3-6,8,13H2,1-2H3. The zero-order chi connectivity index (χ0) is 11.5. The Bertz CT molecular complexity index is 326. The number of nitrogens with two attached hydrogens (primary N) is 1. The molecule has 0 aliphatic heterocycles. The minimum absolute atomic E-state index is 0.433. The lowest BCUT2D eigenvalue weighted by molar-refractivity contribution is 0.176. The number of hydrogen-bond acceptors (Lipinski definition) is 3. The molecule has 1 aromatic rings. The molecule has 1 aliphatic carbocycles. The van der Waals surface area contributed by atoms with Crippen molar-refractivity contribution in [1.82, 2.24) is 14.7 Å². The molecule has 0 bridgehead atoms. The number of aromatic nitrogens is 2. The number of hydrogen-bond donors (Lipinski definition) is 1. The van der Waals surface area contributed by atoms with Gasteiger partial charge >= 0.3 is 0 Å². The molecule has 0 aromatic carbocycles. The minimum atomic E-state index is 0.433. The monoisotopic (exact) mass is 222 g/mol. The third kappa shape index (κ3) is 2.83. The molecule has 1 saturated carbocycles. The average Bonchev–Trinajstić information content (AvgIpc) is 2.65. The molecule has 4 nitrogen and oxygen atoms in total. The van der Waals surface area contributed by atoms with Crippen LogP contribution >= 0.6 is 0 Å². The van der Waals surface area contributed by atoms with Gasteiger partial charge in [0.05, 0.1) is 6.20 Å². The summed E-state index contributed by atoms with van der Waals surface area (Å²) < 4.78 is 1.86. The Labute approximate surface area is 97.4 Å². The first-order valence-corrected chi connectivity index (χ1v) is 6.08. The predicted molar refractivity (Wildman–Crippen MR) is 64.9 cm³/mol. The fourth-order valence-electron chi connectivity index (χ4n) is 2.51. The van der Waals surface area contributed by atoms with Crippen LogP contribution in [0.1, 0.15) is 31.2 Å². The zero-order valence-electron chi connectivity index (χ0n) is 10.3. The second kappa shape index (κ2) is 4.97. The van der Waals surface area contributed by atoms with Gasteiger partial charge in [0, 0.05) is 37.4 Å². The van der Waals surface area contributed by atoms with Crippen molar-refractivity contribution >= 4 is 0 Å². The first-order chi connectivity index (χ1) is 7.65. The zero-order valence-corrected chi connectivity index (χ0v) is 10.3. The molecule has 1 aliphatic rings. The van der Waals surface area contributed by atoms with Gasteiger partial charge in [0.25, 0.3) is 0 Å². The summed E-state index contributed by atoms with van der Waals surface area (Å²) in [5.74, 6) is 0. The highest BCUT2D eigenvalue weighted by atomic mass is 15.2. The molecule has 0 saturated heterocycles. The van der Waals surface area contributed by atoms with Gasteiger partial charge in [-0.3, -0.25) is 9.58 Å². The minimum Gasteiger partial charge on any atom is -0.328 e. The molecular formula is C12H22N4. The molecule has 1 heterocycles. The lowest BCUT2D eigenvalue weighted by atomic mass is 9.91. The maximum absolute atomic E-state index is 5.92. The number of rotatable bonds is 3. The average molecular weight is 222 g/mol. The quantitative estimate of drug-likeness (QED) is 0.833. The first kappa shape index (κ1) is 11.6. The van der Waals surface area contributed by atoms with E-state index in [-0.39, 0.29) is 0 Å². The van der Waals surface area contributed by atoms with E-state index in [1.807, 2.05) is 17.9 Å². The van der Waals surface area contributed by atoms with Gasteiger partial charge in [0.2, 0.25) is 0 Å². The van der Waals surface area contributed by atoms with Crippen LogP contribution in [0.25, 0.3) is 0 Å². The Morgan fingerprint density at radius 2 is 2.12 bits per heavy atom. The van der Waals surface area contributed by atoms with Crippen LogP contribution in [-0.2, 0) is 13.6 Å². The van der Waals surface area contributed by atoms with Crippen molar-refractivity contribution in [3.63, 3.8) is 0 Å². The molecule has 16 heavy (non-hydrogen) atoms. The Balaban J connectivity index is 1.85. The molecule has 0 atom stereocenters. The van der Waals surface area contributed by atoms with Crippen LogP contribution in [0.5, 0.6) is 0 Å². The van der Waals surface area contributed by atoms with E-state index < -0.39 is 0 Å². The highest BCUT2D eigenvalue weighted by molar-refractivity contribution is 5.03. The van der Waals surface area contributed by atoms with Gasteiger partial charge in [-0.2, -0.15) is 5.10 Å². The fourth-order valence-corrected chi connectivity index (χ4v) is 2.51. The summed E-state index contributed by atoms with van der Waals surface area (Å²) in [5, 5.41) is 4.20. The van der Waals surface area contributed by atoms with Crippen LogP contribution in [0.2, 0.25) is 0 Å². The van der Waals surface area contributed by atoms with Crippen LogP contribution in [0.3, 0.4) is 0 Å². The Kier molecular flexibility index (Phi) is 3.61. The highest BCUT2D eigenvalue weighted by Crippen LogP contribution is 2.22. The summed E-state index contributed by atoms with van der Waals surface area (Å²) in [6.07, 6.45) is 8.84. The van der Waals surface area contributed by atoms with E-state index in [0.717, 1.165) is 6.54 Å². The summed E-state index contributed by atoms with van der Waals surface area (Å²) in [6.45, 7) is 0.994. The molecule has 0 spiro atoms. The topological polar surface area (TPSA) is 47.1 Å². The number of nitrogens with zero attached hydrogens (tertiary/aromatic N) is 3. The van der Waals surface area contributed by atoms with Gasteiger partial charge < -0.3 is 5.73 Å². The van der Waals surface area contributed by atoms with Crippen molar-refractivity contribution < 1.29 is 0 Å². The molecule has 1 fully saturated rings. The van der Waals surface area contributed by atoms with E-state index >= 15 is 0 Å². The van der Waals surface area contributed by atoms with Crippen molar-refractivity contribution in [3.8, 4) is 0 Å². The molecule has 2 rings (SSSR count). The molecule has 1 aromatic heterocycles. The van der Waals surface area contributed by atoms with Crippen molar-refractivity contribution in [2.24, 2.45) is 12.8 Å². The Hall–Kier alpha value is -0.870. The van der Waals surface area contributed by atoms with Gasteiger partial charge in [0.1, 0.15) is 0 Å². The maximum Gasteiger partial charge on any atom is 0.0534 e. The molecule has 4 heteroatoms. The third-order valence-corrected chi connectivity index (χ3v) is 3.56. The van der Waals surface area contributed by atoms with Crippen LogP contribution in [0.4, 0.5) is 0 Å². The van der Waals surface area contributed by atoms with Crippen molar-refractivity contribution in [2.75, 3.05) is 7.05 Å². The highest BCUT2D eigenvalue weighted by Gasteiger charge is 2.21. The normalized spacial score (nSPS) is 26.2. The van der Waals surface area contributed by atoms with Crippen molar-refractivity contribution in [3.05, 3.63) is 18.0 Å². The molecular weight excluding hydrogens is 200 g/mol. The summed E-state index contributed by atoms with van der Waals surface area (Å²) in [5.41, 5.74) is 7.21. The molecule has 0 amide bonds. The molecule has 0 unspecified atom stereocenters. The van der Waals surface area contributed by atoms with Gasteiger partial charge in [-0.1, -0.05) is 0 Å². The van der Waals surface area contributed by atoms with E-state index in [2.05, 4.69) is 23.2 Å². The van der Waals surface area contributed by atoms with E-state index in [4.69, 9.17) is 5.73 Å². The van der Waals surface area contributed by atoms with Gasteiger partial charge in [-0.25, -0.2) is 0 Å². The van der Waals surface area contributed by atoms with Crippen molar-refractivity contribution in [1.29, 1.82) is 0 Å². The van der Waals surface area contributed by atoms with E-state index in [0.29, 0.717) is 12.1 Å². The van der Waals surface area contributed by atoms with E-state index in [9.17, 15) is 0 Å². The smallest absolute Gasteiger partial charge is 0.0534 e. The third-order valence-electron chi connectivity index (χ3n) is 3.56. The fraction of sp³-hybridized carbons (Fsp3) is 0.750. The van der Waals surface area contributed by atoms with Gasteiger partial charge in [0.15, 0.2) is 0 Å². The van der Waals surface area contributed by atoms with Crippen LogP contribution in [-0.4, -0.2) is 33.8 Å². The maximum atomic E-state index is 5.92. The second-order valence-corrected chi connectivity index (χ2v) is 5.01. The first-order valence-electron chi connectivity index (χ1n) is 6.08. The van der Waals surface area contributed by atoms with Crippen LogP contribution in [0.15, 0.2) is 12.4 Å². The summed E-state index contributed by atoms with van der Waals surface area (Å²) in [7, 11) is 4.16. The summed E-state index contributed by atoms with van der Waals surface area (Å²) in [6, 6.07) is 1.13. The molecule has 90 valence electrons. The summed E-state index contributed by atoms with van der Waals surface area (Å²) >= 11 is 0. The SMILES string of the molecule is CN(Cc1cnn(C)c1)C1CCC(N)CC1. The van der Waals surface area contributed by atoms with E-state index in [1.54, 1.807) is 0 Å². The van der Waals surface area contributed by atoms with Gasteiger partial charge in [-0.05, 0) is 32.7 Å². The summed E-state index contributed by atoms with van der Waals surface area (Å²) in [4.78, 5) is 2.43. The Morgan fingerprint density at radius 3 is 2.69 bits per heavy atom. The number of aryl methyl sites for hydroxylation is 1. The lowest BCUT2D eigenvalue weighted by Crippen LogP contribution is -2.38. The molecule has 0 radical (unpaired) electrons. The largest absolute Gasteiger partial charge is 0.328 e. The molecule has 2 N–H and O–H groups in total. The van der Waals surface area contributed by atoms with Gasteiger partial charge in [-0.15, -0.1) is 0 Å². The second-order valence-electron chi connectivity index (χ2n) is 5.01.